The van der Waals surface area contributed by atoms with Crippen LogP contribution in [0.3, 0.4) is 0 Å². The minimum atomic E-state index is -0.361. The smallest absolute Gasteiger partial charge is 0.357 e. The molecule has 0 unspecified atom stereocenters. The minimum Gasteiger partial charge on any atom is -0.464 e. The first-order valence-electron chi connectivity index (χ1n) is 6.87. The van der Waals surface area contributed by atoms with Gasteiger partial charge in [0, 0.05) is 12.1 Å². The Morgan fingerprint density at radius 1 is 1.45 bits per heavy atom. The van der Waals surface area contributed by atoms with Crippen LogP contribution in [0.4, 0.5) is 0 Å². The van der Waals surface area contributed by atoms with Crippen molar-refractivity contribution in [2.75, 3.05) is 19.4 Å². The Bertz CT molecular complexity index is 492. The number of nitrogens with zero attached hydrogens (tertiary/aromatic N) is 2. The molecule has 0 saturated carbocycles. The molecule has 2 rings (SSSR count). The fourth-order valence-electron chi connectivity index (χ4n) is 2.13. The number of carbonyl (C=O) groups excluding carboxylic acids is 1. The highest BCUT2D eigenvalue weighted by Gasteiger charge is 2.22. The van der Waals surface area contributed by atoms with Crippen LogP contribution in [0, 0.1) is 5.92 Å². The summed E-state index contributed by atoms with van der Waals surface area (Å²) in [5.41, 5.74) is 2.32. The summed E-state index contributed by atoms with van der Waals surface area (Å²) in [6, 6.07) is 0. The number of ether oxygens (including phenoxy) is 1. The predicted octanol–water partition coefficient (Wildman–Crippen LogP) is 1.80. The van der Waals surface area contributed by atoms with Crippen LogP contribution < -0.4 is 5.32 Å². The first-order chi connectivity index (χ1) is 9.61. The third kappa shape index (κ3) is 3.70. The van der Waals surface area contributed by atoms with Gasteiger partial charge in [-0.1, -0.05) is 13.8 Å². The number of carbonyl (C=O) groups is 1. The van der Waals surface area contributed by atoms with Crippen molar-refractivity contribution in [3.8, 4) is 0 Å². The summed E-state index contributed by atoms with van der Waals surface area (Å²) < 4.78 is 4.84. The molecule has 0 amide bonds. The average Bonchev–Trinajstić information content (AvgIpc) is 2.45. The Kier molecular flexibility index (Phi) is 5.37. The van der Waals surface area contributed by atoms with Gasteiger partial charge >= 0.3 is 5.97 Å². The van der Waals surface area contributed by atoms with Crippen molar-refractivity contribution in [2.24, 2.45) is 5.92 Å². The summed E-state index contributed by atoms with van der Waals surface area (Å²) in [5.74, 6) is 2.79. The molecular weight excluding hydrogens is 274 g/mol. The Hall–Kier alpha value is -1.14. The van der Waals surface area contributed by atoms with Gasteiger partial charge in [-0.3, -0.25) is 0 Å². The highest BCUT2D eigenvalue weighted by atomic mass is 32.2. The van der Waals surface area contributed by atoms with Gasteiger partial charge in [0.1, 0.15) is 5.82 Å². The van der Waals surface area contributed by atoms with Crippen LogP contribution in [0.25, 0.3) is 0 Å². The van der Waals surface area contributed by atoms with Crippen LogP contribution in [0.5, 0.6) is 0 Å². The monoisotopic (exact) mass is 295 g/mol. The van der Waals surface area contributed by atoms with Gasteiger partial charge in [-0.25, -0.2) is 14.8 Å². The number of methoxy groups -OCH3 is 1. The summed E-state index contributed by atoms with van der Waals surface area (Å²) in [4.78, 5) is 20.9. The molecule has 0 spiro atoms. The van der Waals surface area contributed by atoms with Crippen LogP contribution >= 0.6 is 11.8 Å². The molecule has 110 valence electrons. The van der Waals surface area contributed by atoms with Crippen LogP contribution in [-0.2, 0) is 23.5 Å². The number of rotatable bonds is 5. The van der Waals surface area contributed by atoms with Gasteiger partial charge in [0.25, 0.3) is 0 Å². The van der Waals surface area contributed by atoms with E-state index in [1.54, 1.807) is 11.8 Å². The van der Waals surface area contributed by atoms with Gasteiger partial charge < -0.3 is 10.1 Å². The van der Waals surface area contributed by atoms with E-state index in [0.717, 1.165) is 41.6 Å². The van der Waals surface area contributed by atoms with Crippen molar-refractivity contribution in [1.29, 1.82) is 0 Å². The maximum Gasteiger partial charge on any atom is 0.357 e. The van der Waals surface area contributed by atoms with Gasteiger partial charge in [0.05, 0.1) is 18.6 Å². The molecule has 0 aliphatic carbocycles. The van der Waals surface area contributed by atoms with E-state index in [2.05, 4.69) is 29.1 Å². The topological polar surface area (TPSA) is 64.1 Å². The molecule has 2 heterocycles. The van der Waals surface area contributed by atoms with E-state index >= 15 is 0 Å². The number of hydrogen-bond acceptors (Lipinski definition) is 6. The van der Waals surface area contributed by atoms with E-state index in [1.165, 1.54) is 7.11 Å². The van der Waals surface area contributed by atoms with Crippen molar-refractivity contribution >= 4 is 17.7 Å². The molecular formula is C14H21N3O2S. The van der Waals surface area contributed by atoms with Gasteiger partial charge in [0.15, 0.2) is 5.69 Å². The fourth-order valence-corrected chi connectivity index (χ4v) is 3.03. The molecule has 1 aliphatic heterocycles. The molecule has 0 saturated heterocycles. The third-order valence-corrected chi connectivity index (χ3v) is 4.41. The third-order valence-electron chi connectivity index (χ3n) is 3.04. The van der Waals surface area contributed by atoms with E-state index in [1.807, 2.05) is 0 Å². The Morgan fingerprint density at radius 2 is 2.25 bits per heavy atom. The molecule has 5 nitrogen and oxygen atoms in total. The number of esters is 1. The van der Waals surface area contributed by atoms with Crippen LogP contribution in [0.2, 0.25) is 0 Å². The second-order valence-electron chi connectivity index (χ2n) is 5.24. The fraction of sp³-hybridized carbons (Fsp3) is 0.643. The molecule has 0 radical (unpaired) electrons. The minimum absolute atomic E-state index is 0.361. The lowest BCUT2D eigenvalue weighted by Gasteiger charge is -2.19. The zero-order valence-electron chi connectivity index (χ0n) is 12.2. The maximum absolute atomic E-state index is 11.9. The Balaban J connectivity index is 2.23. The lowest BCUT2D eigenvalue weighted by molar-refractivity contribution is 0.0591. The first kappa shape index (κ1) is 15.3. The number of aromatic nitrogens is 2. The zero-order chi connectivity index (χ0) is 14.5. The Morgan fingerprint density at radius 3 is 2.95 bits per heavy atom. The standard InChI is InChI=1S/C14H21N3O2S/c1-9(2)7-20-8-12-16-11-6-15-5-4-10(11)13(17-12)14(18)19-3/h9,15H,4-8H2,1-3H3. The molecule has 6 heteroatoms. The number of thioether (sulfide) groups is 1. The van der Waals surface area contributed by atoms with Crippen molar-refractivity contribution in [3.63, 3.8) is 0 Å². The molecule has 0 fully saturated rings. The van der Waals surface area contributed by atoms with Crippen molar-refractivity contribution < 1.29 is 9.53 Å². The first-order valence-corrected chi connectivity index (χ1v) is 8.02. The molecule has 0 atom stereocenters. The highest BCUT2D eigenvalue weighted by Crippen LogP contribution is 2.19. The molecule has 20 heavy (non-hydrogen) atoms. The van der Waals surface area contributed by atoms with Gasteiger partial charge in [-0.05, 0) is 24.6 Å². The second-order valence-corrected chi connectivity index (χ2v) is 6.27. The quantitative estimate of drug-likeness (QED) is 0.836. The largest absolute Gasteiger partial charge is 0.464 e. The van der Waals surface area contributed by atoms with E-state index in [4.69, 9.17) is 4.74 Å². The lowest BCUT2D eigenvalue weighted by atomic mass is 10.0. The van der Waals surface area contributed by atoms with Gasteiger partial charge in [-0.15, -0.1) is 0 Å². The average molecular weight is 295 g/mol. The second kappa shape index (κ2) is 7.04. The summed E-state index contributed by atoms with van der Waals surface area (Å²) in [7, 11) is 1.39. The van der Waals surface area contributed by atoms with Crippen LogP contribution in [0.15, 0.2) is 0 Å². The van der Waals surface area contributed by atoms with E-state index in [-0.39, 0.29) is 5.97 Å². The molecule has 1 N–H and O–H groups in total. The molecule has 1 aromatic rings. The normalized spacial score (nSPS) is 14.2. The molecule has 0 bridgehead atoms. The van der Waals surface area contributed by atoms with Crippen LogP contribution in [-0.4, -0.2) is 35.3 Å². The number of nitrogens with one attached hydrogen (secondary N) is 1. The lowest BCUT2D eigenvalue weighted by Crippen LogP contribution is -2.28. The summed E-state index contributed by atoms with van der Waals surface area (Å²) >= 11 is 1.80. The van der Waals surface area contributed by atoms with E-state index in [0.29, 0.717) is 18.2 Å². The van der Waals surface area contributed by atoms with E-state index < -0.39 is 0 Å². The predicted molar refractivity (Wildman–Crippen MR) is 79.8 cm³/mol. The van der Waals surface area contributed by atoms with Crippen molar-refractivity contribution in [1.82, 2.24) is 15.3 Å². The maximum atomic E-state index is 11.9. The zero-order valence-corrected chi connectivity index (χ0v) is 13.0. The van der Waals surface area contributed by atoms with Gasteiger partial charge in [-0.2, -0.15) is 11.8 Å². The van der Waals surface area contributed by atoms with Gasteiger partial charge in [0.2, 0.25) is 0 Å². The van der Waals surface area contributed by atoms with Crippen molar-refractivity contribution in [3.05, 3.63) is 22.8 Å². The summed E-state index contributed by atoms with van der Waals surface area (Å²) in [5, 5.41) is 3.28. The summed E-state index contributed by atoms with van der Waals surface area (Å²) in [6.07, 6.45) is 0.777. The van der Waals surface area contributed by atoms with E-state index in [9.17, 15) is 4.79 Å². The number of hydrogen-bond donors (Lipinski definition) is 1. The SMILES string of the molecule is COC(=O)c1nc(CSCC(C)C)nc2c1CCNC2. The Labute approximate surface area is 123 Å². The summed E-state index contributed by atoms with van der Waals surface area (Å²) in [6.45, 7) is 5.92. The number of fused-ring (bicyclic) bond motifs is 1. The molecule has 1 aromatic heterocycles. The highest BCUT2D eigenvalue weighted by molar-refractivity contribution is 7.98. The van der Waals surface area contributed by atoms with Crippen LogP contribution in [0.1, 0.15) is 41.4 Å². The van der Waals surface area contributed by atoms with Crippen molar-refractivity contribution in [2.45, 2.75) is 32.6 Å². The molecule has 1 aliphatic rings. The molecule has 0 aromatic carbocycles.